The molecule has 4 rings (SSSR count). The van der Waals surface area contributed by atoms with Gasteiger partial charge in [0.2, 0.25) is 5.91 Å². The van der Waals surface area contributed by atoms with Gasteiger partial charge < -0.3 is 9.80 Å². The summed E-state index contributed by atoms with van der Waals surface area (Å²) in [5.41, 5.74) is 2.01. The van der Waals surface area contributed by atoms with E-state index in [1.165, 1.54) is 0 Å². The first-order chi connectivity index (χ1) is 14.6. The van der Waals surface area contributed by atoms with Gasteiger partial charge in [0.1, 0.15) is 16.9 Å². The van der Waals surface area contributed by atoms with Crippen molar-refractivity contribution in [2.75, 3.05) is 31.1 Å². The third kappa shape index (κ3) is 4.82. The van der Waals surface area contributed by atoms with Gasteiger partial charge in [0.15, 0.2) is 0 Å². The molecule has 3 aromatic rings. The number of thioether (sulfide) groups is 1. The summed E-state index contributed by atoms with van der Waals surface area (Å²) in [7, 11) is 0. The molecule has 1 atom stereocenters. The molecule has 5 nitrogen and oxygen atoms in total. The van der Waals surface area contributed by atoms with Crippen LogP contribution in [0, 0.1) is 13.8 Å². The quantitative estimate of drug-likeness (QED) is 0.579. The van der Waals surface area contributed by atoms with Gasteiger partial charge in [-0.2, -0.15) is 0 Å². The molecule has 2 heterocycles. The molecule has 0 saturated carbocycles. The Hall–Kier alpha value is -2.86. The topological polar surface area (TPSA) is 49.3 Å². The second kappa shape index (κ2) is 9.30. The average Bonchev–Trinajstić information content (AvgIpc) is 2.78. The maximum atomic E-state index is 13.5. The molecule has 0 aliphatic carbocycles. The van der Waals surface area contributed by atoms with Crippen molar-refractivity contribution >= 4 is 23.5 Å². The minimum absolute atomic E-state index is 0.171. The van der Waals surface area contributed by atoms with Crippen LogP contribution in [0.1, 0.15) is 22.3 Å². The van der Waals surface area contributed by atoms with E-state index in [9.17, 15) is 4.79 Å². The van der Waals surface area contributed by atoms with Gasteiger partial charge in [-0.25, -0.2) is 9.97 Å². The molecule has 1 aliphatic rings. The fourth-order valence-corrected chi connectivity index (χ4v) is 4.83. The summed E-state index contributed by atoms with van der Waals surface area (Å²) in [6, 6.07) is 22.2. The van der Waals surface area contributed by atoms with Crippen LogP contribution in [0.3, 0.4) is 0 Å². The molecule has 2 aromatic carbocycles. The van der Waals surface area contributed by atoms with Crippen LogP contribution < -0.4 is 4.90 Å². The molecule has 1 fully saturated rings. The van der Waals surface area contributed by atoms with E-state index in [4.69, 9.17) is 0 Å². The number of aromatic nitrogens is 2. The standard InChI is InChI=1S/C24H26N4OS/c1-18-17-22(26-19(2)25-18)27-13-15-28(16-14-27)24(29)23(20-9-5-3-6-10-20)30-21-11-7-4-8-12-21/h3-12,17,23H,13-16H2,1-2H3. The lowest BCUT2D eigenvalue weighted by Gasteiger charge is -2.37. The molecular weight excluding hydrogens is 392 g/mol. The number of hydrogen-bond donors (Lipinski definition) is 0. The number of rotatable bonds is 5. The van der Waals surface area contributed by atoms with Gasteiger partial charge in [0.25, 0.3) is 0 Å². The van der Waals surface area contributed by atoms with Crippen molar-refractivity contribution in [3.63, 3.8) is 0 Å². The lowest BCUT2D eigenvalue weighted by atomic mass is 10.1. The molecule has 1 aliphatic heterocycles. The molecule has 0 bridgehead atoms. The number of carbonyl (C=O) groups excluding carboxylic acids is 1. The number of anilines is 1. The second-order valence-corrected chi connectivity index (χ2v) is 8.63. The summed E-state index contributed by atoms with van der Waals surface area (Å²) >= 11 is 1.62. The fraction of sp³-hybridized carbons (Fsp3) is 0.292. The third-order valence-corrected chi connectivity index (χ3v) is 6.45. The Morgan fingerprint density at radius 3 is 2.17 bits per heavy atom. The number of carbonyl (C=O) groups is 1. The summed E-state index contributed by atoms with van der Waals surface area (Å²) in [5, 5.41) is -0.247. The largest absolute Gasteiger partial charge is 0.353 e. The molecule has 0 N–H and O–H groups in total. The predicted molar refractivity (Wildman–Crippen MR) is 122 cm³/mol. The van der Waals surface area contributed by atoms with Crippen LogP contribution in [-0.4, -0.2) is 47.0 Å². The van der Waals surface area contributed by atoms with Crippen LogP contribution in [0.25, 0.3) is 0 Å². The van der Waals surface area contributed by atoms with Crippen molar-refractivity contribution in [1.29, 1.82) is 0 Å². The van der Waals surface area contributed by atoms with Crippen molar-refractivity contribution < 1.29 is 4.79 Å². The number of hydrogen-bond acceptors (Lipinski definition) is 5. The van der Waals surface area contributed by atoms with Crippen molar-refractivity contribution in [1.82, 2.24) is 14.9 Å². The van der Waals surface area contributed by atoms with E-state index >= 15 is 0 Å². The number of benzene rings is 2. The maximum absolute atomic E-state index is 13.5. The Kier molecular flexibility index (Phi) is 6.33. The van der Waals surface area contributed by atoms with Gasteiger partial charge in [-0.05, 0) is 31.5 Å². The third-order valence-electron chi connectivity index (χ3n) is 5.19. The minimum Gasteiger partial charge on any atom is -0.353 e. The molecule has 1 aromatic heterocycles. The van der Waals surface area contributed by atoms with Gasteiger partial charge in [-0.1, -0.05) is 48.5 Å². The van der Waals surface area contributed by atoms with Gasteiger partial charge >= 0.3 is 0 Å². The Labute approximate surface area is 182 Å². The Balaban J connectivity index is 1.48. The van der Waals surface area contributed by atoms with E-state index in [1.807, 2.05) is 73.3 Å². The Bertz CT molecular complexity index is 968. The molecule has 6 heteroatoms. The normalized spacial score (nSPS) is 15.1. The SMILES string of the molecule is Cc1cc(N2CCN(C(=O)C(Sc3ccccc3)c3ccccc3)CC2)nc(C)n1. The highest BCUT2D eigenvalue weighted by Crippen LogP contribution is 2.37. The monoisotopic (exact) mass is 418 g/mol. The highest BCUT2D eigenvalue weighted by molar-refractivity contribution is 8.00. The van der Waals surface area contributed by atoms with Crippen molar-refractivity contribution in [2.24, 2.45) is 0 Å². The minimum atomic E-state index is -0.247. The van der Waals surface area contributed by atoms with Gasteiger partial charge in [0, 0.05) is 42.8 Å². The lowest BCUT2D eigenvalue weighted by Crippen LogP contribution is -2.50. The van der Waals surface area contributed by atoms with Gasteiger partial charge in [-0.3, -0.25) is 4.79 Å². The van der Waals surface area contributed by atoms with Crippen LogP contribution in [0.4, 0.5) is 5.82 Å². The van der Waals surface area contributed by atoms with Crippen LogP contribution in [0.5, 0.6) is 0 Å². The van der Waals surface area contributed by atoms with E-state index in [1.54, 1.807) is 11.8 Å². The number of piperazine rings is 1. The van der Waals surface area contributed by atoms with Crippen molar-refractivity contribution in [3.8, 4) is 0 Å². The summed E-state index contributed by atoms with van der Waals surface area (Å²) < 4.78 is 0. The van der Waals surface area contributed by atoms with Crippen LogP contribution >= 0.6 is 11.8 Å². The molecule has 0 spiro atoms. The maximum Gasteiger partial charge on any atom is 0.240 e. The van der Waals surface area contributed by atoms with Crippen LogP contribution in [-0.2, 0) is 4.79 Å². The average molecular weight is 419 g/mol. The first kappa shape index (κ1) is 20.4. The highest BCUT2D eigenvalue weighted by atomic mass is 32.2. The van der Waals surface area contributed by atoms with Crippen molar-refractivity contribution in [3.05, 3.63) is 83.8 Å². The number of nitrogens with zero attached hydrogens (tertiary/aromatic N) is 4. The zero-order valence-electron chi connectivity index (χ0n) is 17.4. The molecule has 1 amide bonds. The van der Waals surface area contributed by atoms with E-state index in [-0.39, 0.29) is 11.2 Å². The number of aryl methyl sites for hydroxylation is 2. The summed E-state index contributed by atoms with van der Waals surface area (Å²) in [4.78, 5) is 27.8. The van der Waals surface area contributed by atoms with Gasteiger partial charge in [-0.15, -0.1) is 11.8 Å². The van der Waals surface area contributed by atoms with Crippen LogP contribution in [0.2, 0.25) is 0 Å². The summed E-state index contributed by atoms with van der Waals surface area (Å²) in [5.74, 6) is 1.90. The van der Waals surface area contributed by atoms with E-state index in [0.29, 0.717) is 13.1 Å². The predicted octanol–water partition coefficient (Wildman–Crippen LogP) is 4.28. The lowest BCUT2D eigenvalue weighted by molar-refractivity contribution is -0.131. The second-order valence-electron chi connectivity index (χ2n) is 7.45. The first-order valence-electron chi connectivity index (χ1n) is 10.2. The first-order valence-corrected chi connectivity index (χ1v) is 11.1. The highest BCUT2D eigenvalue weighted by Gasteiger charge is 2.30. The van der Waals surface area contributed by atoms with Crippen molar-refractivity contribution in [2.45, 2.75) is 24.0 Å². The zero-order chi connectivity index (χ0) is 20.9. The smallest absolute Gasteiger partial charge is 0.240 e. The molecular formula is C24H26N4OS. The molecule has 30 heavy (non-hydrogen) atoms. The van der Waals surface area contributed by atoms with Gasteiger partial charge in [0.05, 0.1) is 0 Å². The summed E-state index contributed by atoms with van der Waals surface area (Å²) in [6.45, 7) is 6.85. The molecule has 0 radical (unpaired) electrons. The molecule has 1 saturated heterocycles. The van der Waals surface area contributed by atoms with E-state index in [0.717, 1.165) is 40.9 Å². The summed E-state index contributed by atoms with van der Waals surface area (Å²) in [6.07, 6.45) is 0. The van der Waals surface area contributed by atoms with E-state index in [2.05, 4.69) is 27.0 Å². The van der Waals surface area contributed by atoms with Crippen LogP contribution in [0.15, 0.2) is 71.6 Å². The van der Waals surface area contributed by atoms with E-state index < -0.39 is 0 Å². The molecule has 1 unspecified atom stereocenters. The Morgan fingerprint density at radius 2 is 1.53 bits per heavy atom. The number of amides is 1. The Morgan fingerprint density at radius 1 is 0.900 bits per heavy atom. The fourth-order valence-electron chi connectivity index (χ4n) is 3.71. The zero-order valence-corrected chi connectivity index (χ0v) is 18.2. The molecule has 154 valence electrons.